The van der Waals surface area contributed by atoms with Crippen molar-refractivity contribution in [3.8, 4) is 0 Å². The number of hydrogen-bond acceptors (Lipinski definition) is 4. The van der Waals surface area contributed by atoms with Gasteiger partial charge in [0.25, 0.3) is 0 Å². The Hall–Kier alpha value is -1.88. The molecule has 0 aliphatic carbocycles. The molecule has 1 amide bonds. The summed E-state index contributed by atoms with van der Waals surface area (Å²) in [5.41, 5.74) is 4.27. The Morgan fingerprint density at radius 1 is 1.24 bits per heavy atom. The minimum Gasteiger partial charge on any atom is -0.374 e. The second kappa shape index (κ2) is 6.72. The Bertz CT molecular complexity index is 616. The van der Waals surface area contributed by atoms with E-state index in [4.69, 9.17) is 0 Å². The Kier molecular flexibility index (Phi) is 4.96. The summed E-state index contributed by atoms with van der Waals surface area (Å²) in [5, 5.41) is 8.75. The summed E-state index contributed by atoms with van der Waals surface area (Å²) in [7, 11) is 0. The first-order chi connectivity index (χ1) is 9.97. The molecule has 0 fully saturated rings. The topological polar surface area (TPSA) is 54.0 Å². The normalized spacial score (nSPS) is 12.0. The largest absolute Gasteiger partial charge is 0.374 e. The molecule has 1 atom stereocenters. The van der Waals surface area contributed by atoms with Crippen LogP contribution in [0.5, 0.6) is 0 Å². The van der Waals surface area contributed by atoms with Crippen LogP contribution in [0.15, 0.2) is 23.6 Å². The maximum absolute atomic E-state index is 12.3. The molecule has 0 saturated heterocycles. The zero-order chi connectivity index (χ0) is 15.4. The number of aromatic nitrogens is 1. The van der Waals surface area contributed by atoms with Crippen molar-refractivity contribution >= 4 is 28.1 Å². The van der Waals surface area contributed by atoms with Crippen LogP contribution in [0.2, 0.25) is 0 Å². The van der Waals surface area contributed by atoms with Gasteiger partial charge in [0.2, 0.25) is 5.91 Å². The van der Waals surface area contributed by atoms with E-state index in [9.17, 15) is 4.79 Å². The van der Waals surface area contributed by atoms with E-state index in [1.165, 1.54) is 22.5 Å². The summed E-state index contributed by atoms with van der Waals surface area (Å²) in [6, 6.07) is 5.95. The van der Waals surface area contributed by atoms with Crippen LogP contribution in [-0.2, 0) is 4.79 Å². The third-order valence-electron chi connectivity index (χ3n) is 3.14. The van der Waals surface area contributed by atoms with Crippen molar-refractivity contribution in [3.05, 3.63) is 40.4 Å². The number of aryl methyl sites for hydroxylation is 3. The molecule has 21 heavy (non-hydrogen) atoms. The maximum Gasteiger partial charge on any atom is 0.248 e. The fourth-order valence-electron chi connectivity index (χ4n) is 2.22. The Morgan fingerprint density at radius 2 is 1.90 bits per heavy atom. The van der Waals surface area contributed by atoms with E-state index in [2.05, 4.69) is 47.7 Å². The van der Waals surface area contributed by atoms with Gasteiger partial charge in [-0.25, -0.2) is 4.98 Å². The van der Waals surface area contributed by atoms with E-state index in [1.54, 1.807) is 0 Å². The molecule has 1 heterocycles. The van der Waals surface area contributed by atoms with Gasteiger partial charge in [-0.3, -0.25) is 4.79 Å². The van der Waals surface area contributed by atoms with Crippen molar-refractivity contribution in [1.29, 1.82) is 0 Å². The van der Waals surface area contributed by atoms with Crippen LogP contribution in [0.25, 0.3) is 0 Å². The van der Waals surface area contributed by atoms with Crippen LogP contribution in [0.4, 0.5) is 10.8 Å². The predicted octanol–water partition coefficient (Wildman–Crippen LogP) is 3.90. The molecule has 1 aromatic heterocycles. The maximum atomic E-state index is 12.3. The summed E-state index contributed by atoms with van der Waals surface area (Å²) in [4.78, 5) is 16.6. The van der Waals surface area contributed by atoms with Gasteiger partial charge in [-0.15, -0.1) is 11.3 Å². The standard InChI is InChI=1S/C16H21N3OS/c1-5-14(15(20)19-16-17-12(4)9-21-16)18-13-7-10(2)6-11(3)8-13/h6-9,14,18H,5H2,1-4H3,(H,17,19,20)/t14-/m0/s1. The van der Waals surface area contributed by atoms with Crippen LogP contribution in [0.3, 0.4) is 0 Å². The molecule has 0 aliphatic heterocycles. The lowest BCUT2D eigenvalue weighted by molar-refractivity contribution is -0.116. The van der Waals surface area contributed by atoms with Crippen molar-refractivity contribution in [3.63, 3.8) is 0 Å². The summed E-state index contributed by atoms with van der Waals surface area (Å²) in [6.45, 7) is 8.01. The average Bonchev–Trinajstić information content (AvgIpc) is 2.80. The molecule has 0 radical (unpaired) electrons. The van der Waals surface area contributed by atoms with E-state index in [0.29, 0.717) is 11.6 Å². The zero-order valence-corrected chi connectivity index (χ0v) is 13.7. The summed E-state index contributed by atoms with van der Waals surface area (Å²) < 4.78 is 0. The monoisotopic (exact) mass is 303 g/mol. The minimum absolute atomic E-state index is 0.0500. The number of amides is 1. The van der Waals surface area contributed by atoms with Gasteiger partial charge in [-0.1, -0.05) is 13.0 Å². The molecule has 2 N–H and O–H groups in total. The van der Waals surface area contributed by atoms with E-state index in [1.807, 2.05) is 19.2 Å². The number of nitrogens with one attached hydrogen (secondary N) is 2. The number of benzene rings is 1. The van der Waals surface area contributed by atoms with E-state index < -0.39 is 0 Å². The molecule has 112 valence electrons. The van der Waals surface area contributed by atoms with E-state index >= 15 is 0 Å². The SMILES string of the molecule is CC[C@H](Nc1cc(C)cc(C)c1)C(=O)Nc1nc(C)cs1. The van der Waals surface area contributed by atoms with Gasteiger partial charge in [0.15, 0.2) is 5.13 Å². The lowest BCUT2D eigenvalue weighted by Crippen LogP contribution is -2.34. The first kappa shape index (κ1) is 15.5. The first-order valence-electron chi connectivity index (χ1n) is 7.05. The van der Waals surface area contributed by atoms with Gasteiger partial charge in [0, 0.05) is 11.1 Å². The van der Waals surface area contributed by atoms with Crippen LogP contribution < -0.4 is 10.6 Å². The summed E-state index contributed by atoms with van der Waals surface area (Å²) in [6.07, 6.45) is 0.711. The number of carbonyl (C=O) groups is 1. The van der Waals surface area contributed by atoms with Crippen LogP contribution in [-0.4, -0.2) is 16.9 Å². The smallest absolute Gasteiger partial charge is 0.248 e. The minimum atomic E-state index is -0.268. The molecule has 4 nitrogen and oxygen atoms in total. The van der Waals surface area contributed by atoms with Crippen LogP contribution >= 0.6 is 11.3 Å². The number of anilines is 2. The number of carbonyl (C=O) groups excluding carboxylic acids is 1. The number of rotatable bonds is 5. The van der Waals surface area contributed by atoms with E-state index in [0.717, 1.165) is 11.4 Å². The third kappa shape index (κ3) is 4.29. The fraction of sp³-hybridized carbons (Fsp3) is 0.375. The molecular weight excluding hydrogens is 282 g/mol. The van der Waals surface area contributed by atoms with Crippen molar-refractivity contribution < 1.29 is 4.79 Å². The van der Waals surface area contributed by atoms with Gasteiger partial charge in [0.05, 0.1) is 5.69 Å². The van der Waals surface area contributed by atoms with E-state index in [-0.39, 0.29) is 11.9 Å². The quantitative estimate of drug-likeness (QED) is 0.881. The lowest BCUT2D eigenvalue weighted by Gasteiger charge is -2.18. The van der Waals surface area contributed by atoms with Gasteiger partial charge < -0.3 is 10.6 Å². The highest BCUT2D eigenvalue weighted by Crippen LogP contribution is 2.18. The average molecular weight is 303 g/mol. The molecule has 1 aromatic carbocycles. The number of hydrogen-bond donors (Lipinski definition) is 2. The molecule has 5 heteroatoms. The Labute approximate surface area is 129 Å². The summed E-state index contributed by atoms with van der Waals surface area (Å²) in [5.74, 6) is -0.0500. The van der Waals surface area contributed by atoms with Crippen molar-refractivity contribution in [2.24, 2.45) is 0 Å². The highest BCUT2D eigenvalue weighted by Gasteiger charge is 2.17. The molecule has 2 rings (SSSR count). The highest BCUT2D eigenvalue weighted by molar-refractivity contribution is 7.13. The van der Waals surface area contributed by atoms with Crippen molar-refractivity contribution in [1.82, 2.24) is 4.98 Å². The summed E-state index contributed by atoms with van der Waals surface area (Å²) >= 11 is 1.45. The van der Waals surface area contributed by atoms with Gasteiger partial charge >= 0.3 is 0 Å². The molecular formula is C16H21N3OS. The molecule has 0 saturated carbocycles. The third-order valence-corrected chi connectivity index (χ3v) is 4.01. The van der Waals surface area contributed by atoms with Gasteiger partial charge in [-0.2, -0.15) is 0 Å². The Morgan fingerprint density at radius 3 is 2.43 bits per heavy atom. The number of thiazole rings is 1. The molecule has 0 bridgehead atoms. The molecule has 0 unspecified atom stereocenters. The van der Waals surface area contributed by atoms with Crippen molar-refractivity contribution in [2.45, 2.75) is 40.2 Å². The fourth-order valence-corrected chi connectivity index (χ4v) is 2.91. The molecule has 2 aromatic rings. The van der Waals surface area contributed by atoms with Gasteiger partial charge in [-0.05, 0) is 50.5 Å². The molecule has 0 spiro atoms. The van der Waals surface area contributed by atoms with Crippen molar-refractivity contribution in [2.75, 3.05) is 10.6 Å². The predicted molar refractivity (Wildman–Crippen MR) is 89.1 cm³/mol. The number of nitrogens with zero attached hydrogens (tertiary/aromatic N) is 1. The van der Waals surface area contributed by atoms with Gasteiger partial charge in [0.1, 0.15) is 6.04 Å². The lowest BCUT2D eigenvalue weighted by atomic mass is 10.1. The van der Waals surface area contributed by atoms with Crippen LogP contribution in [0.1, 0.15) is 30.2 Å². The first-order valence-corrected chi connectivity index (χ1v) is 7.93. The second-order valence-electron chi connectivity index (χ2n) is 5.26. The highest BCUT2D eigenvalue weighted by atomic mass is 32.1. The molecule has 0 aliphatic rings. The van der Waals surface area contributed by atoms with Crippen LogP contribution in [0, 0.1) is 20.8 Å². The second-order valence-corrected chi connectivity index (χ2v) is 6.12. The Balaban J connectivity index is 2.06. The zero-order valence-electron chi connectivity index (χ0n) is 12.9.